The lowest BCUT2D eigenvalue weighted by molar-refractivity contribution is 0.183. The van der Waals surface area contributed by atoms with Crippen LogP contribution in [0.5, 0.6) is 0 Å². The Morgan fingerprint density at radius 3 is 2.37 bits per heavy atom. The van der Waals surface area contributed by atoms with Crippen LogP contribution in [-0.4, -0.2) is 34.3 Å². The van der Waals surface area contributed by atoms with Gasteiger partial charge in [0.25, 0.3) is 0 Å². The third kappa shape index (κ3) is 3.56. The summed E-state index contributed by atoms with van der Waals surface area (Å²) in [6.45, 7) is 7.42. The fraction of sp³-hybridized carbons (Fsp3) is 0.714. The van der Waals surface area contributed by atoms with Crippen molar-refractivity contribution in [2.45, 2.75) is 52.1 Å². The smallest absolute Gasteiger partial charge is 0.136 e. The topological polar surface area (TPSA) is 70.1 Å². The van der Waals surface area contributed by atoms with E-state index in [9.17, 15) is 5.11 Å². The molecule has 1 heterocycles. The van der Waals surface area contributed by atoms with Crippen molar-refractivity contribution in [2.24, 2.45) is 0 Å². The number of nitrogens with one attached hydrogen (secondary N) is 2. The molecule has 1 aromatic rings. The average Bonchev–Trinajstić information content (AvgIpc) is 3.23. The molecule has 0 saturated heterocycles. The van der Waals surface area contributed by atoms with Gasteiger partial charge < -0.3 is 15.7 Å². The predicted molar refractivity (Wildman–Crippen MR) is 77.7 cm³/mol. The van der Waals surface area contributed by atoms with Crippen LogP contribution in [0.3, 0.4) is 0 Å². The number of aromatic nitrogens is 2. The van der Waals surface area contributed by atoms with E-state index < -0.39 is 0 Å². The first kappa shape index (κ1) is 14.1. The zero-order valence-corrected chi connectivity index (χ0v) is 12.0. The molecular weight excluding hydrogens is 240 g/mol. The summed E-state index contributed by atoms with van der Waals surface area (Å²) >= 11 is 0. The van der Waals surface area contributed by atoms with Crippen molar-refractivity contribution < 1.29 is 5.11 Å². The summed E-state index contributed by atoms with van der Waals surface area (Å²) < 4.78 is 0. The minimum Gasteiger partial charge on any atom is -0.391 e. The Bertz CT molecular complexity index is 432. The summed E-state index contributed by atoms with van der Waals surface area (Å²) in [5.74, 6) is 3.21. The first-order valence-electron chi connectivity index (χ1n) is 7.20. The van der Waals surface area contributed by atoms with Gasteiger partial charge in [-0.3, -0.25) is 0 Å². The molecule has 3 N–H and O–H groups in total. The second-order valence-corrected chi connectivity index (χ2v) is 5.15. The molecule has 1 atom stereocenters. The Kier molecular flexibility index (Phi) is 4.58. The Labute approximate surface area is 114 Å². The number of nitrogens with zero attached hydrogens (tertiary/aromatic N) is 2. The lowest BCUT2D eigenvalue weighted by Crippen LogP contribution is -2.20. The van der Waals surface area contributed by atoms with Gasteiger partial charge in [-0.2, -0.15) is 0 Å². The molecule has 1 fully saturated rings. The quantitative estimate of drug-likeness (QED) is 0.705. The highest BCUT2D eigenvalue weighted by molar-refractivity contribution is 5.57. The third-order valence-corrected chi connectivity index (χ3v) is 3.43. The molecule has 2 rings (SSSR count). The largest absolute Gasteiger partial charge is 0.391 e. The molecule has 1 aliphatic rings. The minimum absolute atomic E-state index is 0.332. The molecule has 1 saturated carbocycles. The second-order valence-electron chi connectivity index (χ2n) is 5.15. The predicted octanol–water partition coefficient (Wildman–Crippen LogP) is 2.28. The van der Waals surface area contributed by atoms with E-state index in [0.29, 0.717) is 12.5 Å². The number of hydrogen-bond acceptors (Lipinski definition) is 5. The summed E-state index contributed by atoms with van der Waals surface area (Å²) in [4.78, 5) is 9.22. The molecule has 5 heteroatoms. The van der Waals surface area contributed by atoms with Gasteiger partial charge in [-0.1, -0.05) is 6.92 Å². The lowest BCUT2D eigenvalue weighted by atomic mass is 10.2. The van der Waals surface area contributed by atoms with Crippen LogP contribution < -0.4 is 10.6 Å². The van der Waals surface area contributed by atoms with Gasteiger partial charge in [0.2, 0.25) is 0 Å². The highest BCUT2D eigenvalue weighted by Gasteiger charge is 2.28. The van der Waals surface area contributed by atoms with Crippen molar-refractivity contribution >= 4 is 11.6 Å². The number of anilines is 2. The van der Waals surface area contributed by atoms with E-state index in [2.05, 4.69) is 27.5 Å². The third-order valence-electron chi connectivity index (χ3n) is 3.43. The van der Waals surface area contributed by atoms with Gasteiger partial charge in [-0.05, 0) is 33.1 Å². The number of aliphatic hydroxyl groups is 1. The van der Waals surface area contributed by atoms with Crippen LogP contribution in [0.25, 0.3) is 0 Å². The fourth-order valence-electron chi connectivity index (χ4n) is 1.93. The first-order valence-corrected chi connectivity index (χ1v) is 7.20. The first-order chi connectivity index (χ1) is 9.15. The van der Waals surface area contributed by atoms with Gasteiger partial charge in [0.05, 0.1) is 6.10 Å². The van der Waals surface area contributed by atoms with Gasteiger partial charge in [-0.15, -0.1) is 0 Å². The van der Waals surface area contributed by atoms with Crippen LogP contribution in [-0.2, 0) is 0 Å². The van der Waals surface area contributed by atoms with Crippen molar-refractivity contribution in [1.82, 2.24) is 9.97 Å². The maximum atomic E-state index is 9.65. The molecular formula is C14H24N4O. The number of rotatable bonds is 7. The molecule has 19 heavy (non-hydrogen) atoms. The highest BCUT2D eigenvalue weighted by atomic mass is 16.3. The van der Waals surface area contributed by atoms with Crippen molar-refractivity contribution in [3.05, 3.63) is 11.4 Å². The molecule has 1 aromatic heterocycles. The van der Waals surface area contributed by atoms with Gasteiger partial charge in [0.1, 0.15) is 17.5 Å². The summed E-state index contributed by atoms with van der Waals surface area (Å²) in [6.07, 6.45) is 2.78. The van der Waals surface area contributed by atoms with Crippen LogP contribution in [0.15, 0.2) is 0 Å². The zero-order valence-electron chi connectivity index (χ0n) is 12.0. The SMILES string of the molecule is CCNc1nc(C2CC2)nc(NCC(O)CC)c1C. The van der Waals surface area contributed by atoms with Gasteiger partial charge in [0.15, 0.2) is 0 Å². The minimum atomic E-state index is -0.332. The Morgan fingerprint density at radius 1 is 1.21 bits per heavy atom. The number of aliphatic hydroxyl groups excluding tert-OH is 1. The van der Waals surface area contributed by atoms with Crippen molar-refractivity contribution in [3.63, 3.8) is 0 Å². The monoisotopic (exact) mass is 264 g/mol. The molecule has 0 aromatic carbocycles. The summed E-state index contributed by atoms with van der Waals surface area (Å²) in [5.41, 5.74) is 1.02. The van der Waals surface area contributed by atoms with Crippen LogP contribution in [0.2, 0.25) is 0 Å². The second kappa shape index (κ2) is 6.19. The van der Waals surface area contributed by atoms with Crippen molar-refractivity contribution in [2.75, 3.05) is 23.7 Å². The Morgan fingerprint density at radius 2 is 1.84 bits per heavy atom. The van der Waals surface area contributed by atoms with E-state index in [0.717, 1.165) is 36.0 Å². The van der Waals surface area contributed by atoms with Crippen LogP contribution in [0.1, 0.15) is 50.4 Å². The Balaban J connectivity index is 2.19. The van der Waals surface area contributed by atoms with Crippen LogP contribution in [0.4, 0.5) is 11.6 Å². The molecule has 0 amide bonds. The van der Waals surface area contributed by atoms with E-state index in [-0.39, 0.29) is 6.10 Å². The Hall–Kier alpha value is -1.36. The van der Waals surface area contributed by atoms with E-state index in [4.69, 9.17) is 0 Å². The molecule has 0 aliphatic heterocycles. The summed E-state index contributed by atoms with van der Waals surface area (Å²) in [6, 6.07) is 0. The molecule has 106 valence electrons. The standard InChI is InChI=1S/C14H24N4O/c1-4-11(19)8-16-13-9(3)12(15-5-2)17-14(18-13)10-6-7-10/h10-11,19H,4-8H2,1-3H3,(H2,15,16,17,18). The van der Waals surface area contributed by atoms with Crippen molar-refractivity contribution in [1.29, 1.82) is 0 Å². The van der Waals surface area contributed by atoms with E-state index in [1.54, 1.807) is 0 Å². The molecule has 0 spiro atoms. The average molecular weight is 264 g/mol. The van der Waals surface area contributed by atoms with E-state index in [1.165, 1.54) is 12.8 Å². The molecule has 5 nitrogen and oxygen atoms in total. The van der Waals surface area contributed by atoms with Crippen molar-refractivity contribution in [3.8, 4) is 0 Å². The highest BCUT2D eigenvalue weighted by Crippen LogP contribution is 2.39. The lowest BCUT2D eigenvalue weighted by Gasteiger charge is -2.16. The van der Waals surface area contributed by atoms with Crippen LogP contribution in [0, 0.1) is 6.92 Å². The molecule has 1 aliphatic carbocycles. The maximum absolute atomic E-state index is 9.65. The van der Waals surface area contributed by atoms with E-state index >= 15 is 0 Å². The molecule has 0 radical (unpaired) electrons. The van der Waals surface area contributed by atoms with E-state index in [1.807, 2.05) is 13.8 Å². The van der Waals surface area contributed by atoms with Gasteiger partial charge in [-0.25, -0.2) is 9.97 Å². The van der Waals surface area contributed by atoms with Gasteiger partial charge in [0, 0.05) is 24.6 Å². The summed E-state index contributed by atoms with van der Waals surface area (Å²) in [5, 5.41) is 16.2. The van der Waals surface area contributed by atoms with Gasteiger partial charge >= 0.3 is 0 Å². The molecule has 1 unspecified atom stereocenters. The fourth-order valence-corrected chi connectivity index (χ4v) is 1.93. The maximum Gasteiger partial charge on any atom is 0.136 e. The molecule has 0 bridgehead atoms. The normalized spacial score (nSPS) is 16.2. The zero-order chi connectivity index (χ0) is 13.8. The summed E-state index contributed by atoms with van der Waals surface area (Å²) in [7, 11) is 0. The number of hydrogen-bond donors (Lipinski definition) is 3. The van der Waals surface area contributed by atoms with Crippen LogP contribution >= 0.6 is 0 Å².